The van der Waals surface area contributed by atoms with Gasteiger partial charge in [0.1, 0.15) is 0 Å². The summed E-state index contributed by atoms with van der Waals surface area (Å²) in [5.74, 6) is 5.02. The van der Waals surface area contributed by atoms with Gasteiger partial charge in [0.05, 0.1) is 5.69 Å². The van der Waals surface area contributed by atoms with Crippen molar-refractivity contribution in [2.45, 2.75) is 0 Å². The van der Waals surface area contributed by atoms with Gasteiger partial charge in [0, 0.05) is 12.4 Å². The van der Waals surface area contributed by atoms with E-state index in [1.165, 1.54) is 0 Å². The van der Waals surface area contributed by atoms with Crippen molar-refractivity contribution in [1.29, 1.82) is 0 Å². The van der Waals surface area contributed by atoms with Crippen LogP contribution in [0.2, 0.25) is 0 Å². The third-order valence-corrected chi connectivity index (χ3v) is 0.765. The van der Waals surface area contributed by atoms with E-state index < -0.39 is 0 Å². The van der Waals surface area contributed by atoms with Crippen LogP contribution in [0.4, 0.5) is 5.69 Å². The van der Waals surface area contributed by atoms with Gasteiger partial charge in [-0.05, 0) is 6.07 Å². The number of anilines is 1. The minimum atomic E-state index is 0.903. The number of aromatic amines is 1. The van der Waals surface area contributed by atoms with Crippen LogP contribution in [0.25, 0.3) is 0 Å². The Kier molecular flexibility index (Phi) is 0.997. The highest BCUT2D eigenvalue weighted by Gasteiger charge is 1.79. The van der Waals surface area contributed by atoms with Crippen LogP contribution in [-0.4, -0.2) is 4.98 Å². The molecule has 0 radical (unpaired) electrons. The van der Waals surface area contributed by atoms with E-state index >= 15 is 0 Å². The Balaban J connectivity index is 2.76. The first-order chi connectivity index (χ1) is 3.43. The number of hydrogen-bond acceptors (Lipinski definition) is 2. The fourth-order valence-corrected chi connectivity index (χ4v) is 0.414. The maximum Gasteiger partial charge on any atom is 0.0659 e. The molecule has 0 amide bonds. The fourth-order valence-electron chi connectivity index (χ4n) is 0.414. The summed E-state index contributed by atoms with van der Waals surface area (Å²) >= 11 is 0. The van der Waals surface area contributed by atoms with E-state index in [1.54, 1.807) is 12.4 Å². The predicted octanol–water partition coefficient (Wildman–Crippen LogP) is 0.300. The second-order valence-electron chi connectivity index (χ2n) is 1.24. The first-order valence-corrected chi connectivity index (χ1v) is 2.03. The number of nitrogens with one attached hydrogen (secondary N) is 2. The smallest absolute Gasteiger partial charge is 0.0659 e. The van der Waals surface area contributed by atoms with E-state index in [0.29, 0.717) is 0 Å². The van der Waals surface area contributed by atoms with E-state index in [4.69, 9.17) is 5.84 Å². The molecule has 0 fully saturated rings. The molecular formula is C4H7N3. The van der Waals surface area contributed by atoms with Gasteiger partial charge in [-0.15, -0.1) is 0 Å². The van der Waals surface area contributed by atoms with Gasteiger partial charge in [-0.2, -0.15) is 0 Å². The maximum atomic E-state index is 5.02. The van der Waals surface area contributed by atoms with E-state index in [0.717, 1.165) is 5.69 Å². The van der Waals surface area contributed by atoms with Gasteiger partial charge in [0.15, 0.2) is 0 Å². The van der Waals surface area contributed by atoms with Gasteiger partial charge < -0.3 is 10.4 Å². The minimum Gasteiger partial charge on any atom is -0.366 e. The summed E-state index contributed by atoms with van der Waals surface area (Å²) in [6, 6.07) is 1.85. The molecule has 0 aliphatic rings. The molecule has 0 bridgehead atoms. The van der Waals surface area contributed by atoms with E-state index in [9.17, 15) is 0 Å². The highest BCUT2D eigenvalue weighted by atomic mass is 15.2. The highest BCUT2D eigenvalue weighted by Crippen LogP contribution is 1.98. The number of hydrogen-bond donors (Lipinski definition) is 3. The summed E-state index contributed by atoms with van der Waals surface area (Å²) in [5, 5.41) is 0. The molecule has 3 heteroatoms. The van der Waals surface area contributed by atoms with E-state index in [-0.39, 0.29) is 0 Å². The summed E-state index contributed by atoms with van der Waals surface area (Å²) in [4.78, 5) is 2.84. The molecule has 0 aromatic carbocycles. The van der Waals surface area contributed by atoms with Crippen molar-refractivity contribution in [2.75, 3.05) is 5.43 Å². The van der Waals surface area contributed by atoms with Crippen LogP contribution in [0.1, 0.15) is 0 Å². The first kappa shape index (κ1) is 4.21. The van der Waals surface area contributed by atoms with Gasteiger partial charge in [-0.25, -0.2) is 0 Å². The van der Waals surface area contributed by atoms with E-state index in [2.05, 4.69) is 10.4 Å². The average Bonchev–Trinajstić information content (AvgIpc) is 2.14. The number of nitrogen functional groups attached to an aromatic ring is 1. The molecule has 1 heterocycles. The second-order valence-corrected chi connectivity index (χ2v) is 1.24. The number of H-pyrrole nitrogens is 1. The molecule has 0 saturated heterocycles. The van der Waals surface area contributed by atoms with Crippen LogP contribution in [0.5, 0.6) is 0 Å². The molecule has 0 spiro atoms. The standard InChI is InChI=1S/C4H7N3/c5-7-4-1-2-6-3-4/h1-3,6-7H,5H2. The van der Waals surface area contributed by atoms with Crippen LogP contribution >= 0.6 is 0 Å². The van der Waals surface area contributed by atoms with Crippen molar-refractivity contribution in [2.24, 2.45) is 5.84 Å². The molecule has 0 aliphatic heterocycles. The molecule has 4 N–H and O–H groups in total. The maximum absolute atomic E-state index is 5.02. The van der Waals surface area contributed by atoms with Crippen molar-refractivity contribution in [3.8, 4) is 0 Å². The van der Waals surface area contributed by atoms with E-state index in [1.807, 2.05) is 6.07 Å². The zero-order valence-corrected chi connectivity index (χ0v) is 3.81. The summed E-state index contributed by atoms with van der Waals surface area (Å²) in [7, 11) is 0. The fraction of sp³-hybridized carbons (Fsp3) is 0. The Bertz CT molecular complexity index is 121. The largest absolute Gasteiger partial charge is 0.366 e. The molecule has 38 valence electrons. The van der Waals surface area contributed by atoms with Crippen LogP contribution in [-0.2, 0) is 0 Å². The molecule has 1 rings (SSSR count). The van der Waals surface area contributed by atoms with Gasteiger partial charge in [0.25, 0.3) is 0 Å². The Morgan fingerprint density at radius 1 is 1.71 bits per heavy atom. The lowest BCUT2D eigenvalue weighted by molar-refractivity contribution is 1.34. The Morgan fingerprint density at radius 2 is 2.57 bits per heavy atom. The molecule has 0 atom stereocenters. The lowest BCUT2D eigenvalue weighted by Gasteiger charge is -1.86. The molecule has 1 aromatic rings. The number of aromatic nitrogens is 1. The summed E-state index contributed by atoms with van der Waals surface area (Å²) in [6.07, 6.45) is 3.58. The van der Waals surface area contributed by atoms with Crippen LogP contribution in [0, 0.1) is 0 Å². The quantitative estimate of drug-likeness (QED) is 0.348. The highest BCUT2D eigenvalue weighted by molar-refractivity contribution is 5.38. The molecule has 0 saturated carbocycles. The Hall–Kier alpha value is -0.960. The SMILES string of the molecule is NNc1cc[nH]c1. The molecule has 0 aliphatic carbocycles. The number of rotatable bonds is 1. The van der Waals surface area contributed by atoms with Gasteiger partial charge in [-0.3, -0.25) is 5.84 Å². The monoisotopic (exact) mass is 97.1 g/mol. The topological polar surface area (TPSA) is 53.8 Å². The zero-order chi connectivity index (χ0) is 5.11. The van der Waals surface area contributed by atoms with Crippen LogP contribution < -0.4 is 11.3 Å². The van der Waals surface area contributed by atoms with Crippen LogP contribution in [0.3, 0.4) is 0 Å². The first-order valence-electron chi connectivity index (χ1n) is 2.03. The van der Waals surface area contributed by atoms with Crippen molar-refractivity contribution < 1.29 is 0 Å². The second kappa shape index (κ2) is 1.66. The lowest BCUT2D eigenvalue weighted by Crippen LogP contribution is -2.04. The molecule has 3 nitrogen and oxygen atoms in total. The molecule has 0 unspecified atom stereocenters. The molecule has 1 aromatic heterocycles. The third-order valence-electron chi connectivity index (χ3n) is 0.765. The van der Waals surface area contributed by atoms with Crippen LogP contribution in [0.15, 0.2) is 18.5 Å². The van der Waals surface area contributed by atoms with Crippen molar-refractivity contribution in [3.05, 3.63) is 18.5 Å². The molecule has 7 heavy (non-hydrogen) atoms. The van der Waals surface area contributed by atoms with Gasteiger partial charge in [-0.1, -0.05) is 0 Å². The minimum absolute atomic E-state index is 0.903. The lowest BCUT2D eigenvalue weighted by atomic mass is 10.6. The molecular weight excluding hydrogens is 90.1 g/mol. The van der Waals surface area contributed by atoms with Gasteiger partial charge >= 0.3 is 0 Å². The summed E-state index contributed by atoms with van der Waals surface area (Å²) in [5.41, 5.74) is 3.38. The number of hydrazine groups is 1. The van der Waals surface area contributed by atoms with Crippen molar-refractivity contribution >= 4 is 5.69 Å². The van der Waals surface area contributed by atoms with Crippen molar-refractivity contribution in [1.82, 2.24) is 4.98 Å². The summed E-state index contributed by atoms with van der Waals surface area (Å²) < 4.78 is 0. The van der Waals surface area contributed by atoms with Gasteiger partial charge in [0.2, 0.25) is 0 Å². The third kappa shape index (κ3) is 0.721. The number of nitrogens with two attached hydrogens (primary N) is 1. The zero-order valence-electron chi connectivity index (χ0n) is 3.81. The predicted molar refractivity (Wildman–Crippen MR) is 28.6 cm³/mol. The van der Waals surface area contributed by atoms with Crippen molar-refractivity contribution in [3.63, 3.8) is 0 Å². The average molecular weight is 97.1 g/mol. The Labute approximate surface area is 41.5 Å². The normalized spacial score (nSPS) is 8.71. The summed E-state index contributed by atoms with van der Waals surface area (Å²) in [6.45, 7) is 0. The Morgan fingerprint density at radius 3 is 2.86 bits per heavy atom.